The molecule has 0 aromatic heterocycles. The number of carbonyl (C=O) groups is 3. The van der Waals surface area contributed by atoms with Gasteiger partial charge in [-0.3, -0.25) is 9.59 Å². The van der Waals surface area contributed by atoms with Crippen LogP contribution in [-0.4, -0.2) is 43.3 Å². The van der Waals surface area contributed by atoms with Crippen LogP contribution in [0.25, 0.3) is 0 Å². The molecule has 3 N–H and O–H groups in total. The third kappa shape index (κ3) is 10.2. The SMILES string of the molecule is CCCC(CCNC(=O)NCC(=O)OC)CCC(=O)O. The fraction of sp³-hybridized carbons (Fsp3) is 0.769. The van der Waals surface area contributed by atoms with Crippen LogP contribution in [-0.2, 0) is 14.3 Å². The maximum absolute atomic E-state index is 11.3. The minimum absolute atomic E-state index is 0.152. The van der Waals surface area contributed by atoms with E-state index < -0.39 is 18.0 Å². The fourth-order valence-electron chi connectivity index (χ4n) is 1.85. The molecular weight excluding hydrogens is 264 g/mol. The van der Waals surface area contributed by atoms with Gasteiger partial charge < -0.3 is 20.5 Å². The van der Waals surface area contributed by atoms with Crippen LogP contribution in [0.15, 0.2) is 0 Å². The van der Waals surface area contributed by atoms with Gasteiger partial charge in [0.05, 0.1) is 7.11 Å². The van der Waals surface area contributed by atoms with Crippen molar-refractivity contribution in [1.29, 1.82) is 0 Å². The van der Waals surface area contributed by atoms with E-state index in [1.165, 1.54) is 7.11 Å². The zero-order valence-electron chi connectivity index (χ0n) is 12.1. The summed E-state index contributed by atoms with van der Waals surface area (Å²) in [5.74, 6) is -1.02. The summed E-state index contributed by atoms with van der Waals surface area (Å²) < 4.78 is 4.39. The third-order valence-corrected chi connectivity index (χ3v) is 2.92. The van der Waals surface area contributed by atoms with Crippen molar-refractivity contribution in [2.75, 3.05) is 20.2 Å². The summed E-state index contributed by atoms with van der Waals surface area (Å²) in [7, 11) is 1.25. The standard InChI is InChI=1S/C13H24N2O5/c1-3-4-10(5-6-11(16)17)7-8-14-13(19)15-9-12(18)20-2/h10H,3-9H2,1-2H3,(H,16,17)(H2,14,15,19). The lowest BCUT2D eigenvalue weighted by Gasteiger charge is -2.15. The zero-order valence-corrected chi connectivity index (χ0v) is 12.1. The third-order valence-electron chi connectivity index (χ3n) is 2.92. The lowest BCUT2D eigenvalue weighted by Crippen LogP contribution is -2.39. The molecule has 0 aliphatic heterocycles. The van der Waals surface area contributed by atoms with E-state index in [4.69, 9.17) is 5.11 Å². The molecule has 7 heteroatoms. The summed E-state index contributed by atoms with van der Waals surface area (Å²) in [6.07, 6.45) is 3.43. The first-order valence-corrected chi connectivity index (χ1v) is 6.79. The number of ether oxygens (including phenoxy) is 1. The molecule has 0 saturated heterocycles. The second-order valence-corrected chi connectivity index (χ2v) is 4.56. The first kappa shape index (κ1) is 18.2. The number of esters is 1. The molecule has 0 aromatic rings. The monoisotopic (exact) mass is 288 g/mol. The van der Waals surface area contributed by atoms with Gasteiger partial charge in [0.2, 0.25) is 0 Å². The molecule has 0 spiro atoms. The quantitative estimate of drug-likeness (QED) is 0.523. The van der Waals surface area contributed by atoms with Gasteiger partial charge in [-0.15, -0.1) is 0 Å². The smallest absolute Gasteiger partial charge is 0.325 e. The van der Waals surface area contributed by atoms with Crippen molar-refractivity contribution in [3.63, 3.8) is 0 Å². The molecule has 0 rings (SSSR count). The van der Waals surface area contributed by atoms with Crippen LogP contribution in [0.3, 0.4) is 0 Å². The Morgan fingerprint density at radius 1 is 1.15 bits per heavy atom. The molecule has 0 fully saturated rings. The molecular formula is C13H24N2O5. The van der Waals surface area contributed by atoms with Gasteiger partial charge in [-0.05, 0) is 18.8 Å². The van der Waals surface area contributed by atoms with Gasteiger partial charge in [-0.2, -0.15) is 0 Å². The number of rotatable bonds is 10. The Bertz CT molecular complexity index is 320. The van der Waals surface area contributed by atoms with Crippen molar-refractivity contribution in [3.05, 3.63) is 0 Å². The second kappa shape index (κ2) is 11.1. The van der Waals surface area contributed by atoms with E-state index >= 15 is 0 Å². The Morgan fingerprint density at radius 3 is 2.40 bits per heavy atom. The van der Waals surface area contributed by atoms with Gasteiger partial charge in [0.1, 0.15) is 6.54 Å². The first-order valence-electron chi connectivity index (χ1n) is 6.79. The van der Waals surface area contributed by atoms with E-state index in [0.717, 1.165) is 19.3 Å². The zero-order chi connectivity index (χ0) is 15.4. The van der Waals surface area contributed by atoms with E-state index in [1.54, 1.807) is 0 Å². The number of carboxylic acid groups (broad SMARTS) is 1. The van der Waals surface area contributed by atoms with Crippen molar-refractivity contribution < 1.29 is 24.2 Å². The molecule has 20 heavy (non-hydrogen) atoms. The average Bonchev–Trinajstić information content (AvgIpc) is 2.41. The minimum Gasteiger partial charge on any atom is -0.481 e. The normalized spacial score (nSPS) is 11.5. The van der Waals surface area contributed by atoms with E-state index in [2.05, 4.69) is 15.4 Å². The Hall–Kier alpha value is -1.79. The molecule has 1 atom stereocenters. The number of hydrogen-bond donors (Lipinski definition) is 3. The van der Waals surface area contributed by atoms with E-state index in [1.807, 2.05) is 6.92 Å². The van der Waals surface area contributed by atoms with Gasteiger partial charge >= 0.3 is 18.0 Å². The Morgan fingerprint density at radius 2 is 1.85 bits per heavy atom. The summed E-state index contributed by atoms with van der Waals surface area (Å²) in [6, 6.07) is -0.427. The molecule has 2 amide bonds. The molecule has 1 unspecified atom stereocenters. The largest absolute Gasteiger partial charge is 0.481 e. The van der Waals surface area contributed by atoms with E-state index in [0.29, 0.717) is 13.0 Å². The molecule has 0 heterocycles. The van der Waals surface area contributed by atoms with E-state index in [-0.39, 0.29) is 18.9 Å². The van der Waals surface area contributed by atoms with Gasteiger partial charge in [0.15, 0.2) is 0 Å². The molecule has 7 nitrogen and oxygen atoms in total. The summed E-state index contributed by atoms with van der Waals surface area (Å²) in [6.45, 7) is 2.33. The number of nitrogens with one attached hydrogen (secondary N) is 2. The highest BCUT2D eigenvalue weighted by Gasteiger charge is 2.11. The number of carbonyl (C=O) groups excluding carboxylic acids is 2. The van der Waals surface area contributed by atoms with Crippen molar-refractivity contribution in [3.8, 4) is 0 Å². The maximum Gasteiger partial charge on any atom is 0.325 e. The van der Waals surface area contributed by atoms with Crippen LogP contribution in [0.2, 0.25) is 0 Å². The molecule has 0 radical (unpaired) electrons. The van der Waals surface area contributed by atoms with Crippen molar-refractivity contribution in [1.82, 2.24) is 10.6 Å². The molecule has 0 aromatic carbocycles. The average molecular weight is 288 g/mol. The van der Waals surface area contributed by atoms with Gasteiger partial charge in [-0.1, -0.05) is 19.8 Å². The first-order chi connectivity index (χ1) is 9.49. The number of hydrogen-bond acceptors (Lipinski definition) is 4. The fourth-order valence-corrected chi connectivity index (χ4v) is 1.85. The Kier molecular flexibility index (Phi) is 10.1. The van der Waals surface area contributed by atoms with Crippen LogP contribution in [0.5, 0.6) is 0 Å². The van der Waals surface area contributed by atoms with Crippen LogP contribution >= 0.6 is 0 Å². The number of methoxy groups -OCH3 is 1. The molecule has 116 valence electrons. The van der Waals surface area contributed by atoms with Crippen LogP contribution < -0.4 is 10.6 Å². The summed E-state index contributed by atoms with van der Waals surface area (Å²) in [5, 5.41) is 13.7. The van der Waals surface area contributed by atoms with Crippen molar-refractivity contribution >= 4 is 18.0 Å². The highest BCUT2D eigenvalue weighted by atomic mass is 16.5. The highest BCUT2D eigenvalue weighted by molar-refractivity contribution is 5.80. The van der Waals surface area contributed by atoms with Crippen LogP contribution in [0, 0.1) is 5.92 Å². The number of urea groups is 1. The van der Waals surface area contributed by atoms with Crippen molar-refractivity contribution in [2.45, 2.75) is 39.0 Å². The lowest BCUT2D eigenvalue weighted by molar-refractivity contribution is -0.139. The lowest BCUT2D eigenvalue weighted by atomic mass is 9.94. The predicted molar refractivity (Wildman–Crippen MR) is 73.3 cm³/mol. The maximum atomic E-state index is 11.3. The van der Waals surface area contributed by atoms with Gasteiger partial charge in [-0.25, -0.2) is 4.79 Å². The summed E-state index contributed by atoms with van der Waals surface area (Å²) in [5.41, 5.74) is 0. The highest BCUT2D eigenvalue weighted by Crippen LogP contribution is 2.16. The topological polar surface area (TPSA) is 105 Å². The number of aliphatic carboxylic acids is 1. The minimum atomic E-state index is -0.796. The molecule has 0 aliphatic carbocycles. The van der Waals surface area contributed by atoms with Crippen LogP contribution in [0.4, 0.5) is 4.79 Å². The van der Waals surface area contributed by atoms with Crippen molar-refractivity contribution in [2.24, 2.45) is 5.92 Å². The Labute approximate surface area is 119 Å². The number of amides is 2. The van der Waals surface area contributed by atoms with Gasteiger partial charge in [0.25, 0.3) is 0 Å². The summed E-state index contributed by atoms with van der Waals surface area (Å²) >= 11 is 0. The molecule has 0 saturated carbocycles. The second-order valence-electron chi connectivity index (χ2n) is 4.56. The number of carboxylic acids is 1. The molecule has 0 bridgehead atoms. The van der Waals surface area contributed by atoms with Crippen LogP contribution in [0.1, 0.15) is 39.0 Å². The molecule has 0 aliphatic rings. The predicted octanol–water partition coefficient (Wildman–Crippen LogP) is 1.13. The Balaban J connectivity index is 3.83. The summed E-state index contributed by atoms with van der Waals surface area (Å²) in [4.78, 5) is 32.7. The van der Waals surface area contributed by atoms with Gasteiger partial charge in [0, 0.05) is 13.0 Å². The van der Waals surface area contributed by atoms with E-state index in [9.17, 15) is 14.4 Å².